The molecule has 2 heterocycles. The summed E-state index contributed by atoms with van der Waals surface area (Å²) in [4.78, 5) is 14.2. The second kappa shape index (κ2) is 7.05. The Morgan fingerprint density at radius 3 is 2.72 bits per heavy atom. The largest absolute Gasteiger partial charge is 0.384 e. The quantitative estimate of drug-likeness (QED) is 0.691. The molecule has 0 fully saturated rings. The SMILES string of the molecule is C=C(N)/N=C(\C=C/C)c1c[nH]c2nccc(N(C)c3ccccc3)c12. The van der Waals surface area contributed by atoms with Crippen LogP contribution in [0, 0.1) is 0 Å². The molecule has 25 heavy (non-hydrogen) atoms. The van der Waals surface area contributed by atoms with E-state index in [2.05, 4.69) is 38.6 Å². The predicted molar refractivity (Wildman–Crippen MR) is 105 cm³/mol. The Morgan fingerprint density at radius 1 is 1.28 bits per heavy atom. The summed E-state index contributed by atoms with van der Waals surface area (Å²) in [5.74, 6) is 0.268. The molecule has 5 nitrogen and oxygen atoms in total. The van der Waals surface area contributed by atoms with Crippen LogP contribution in [-0.4, -0.2) is 22.7 Å². The molecule has 1 aromatic carbocycles. The zero-order valence-corrected chi connectivity index (χ0v) is 14.4. The number of nitrogens with zero attached hydrogens (tertiary/aromatic N) is 3. The fourth-order valence-electron chi connectivity index (χ4n) is 2.81. The third-order valence-electron chi connectivity index (χ3n) is 3.92. The smallest absolute Gasteiger partial charge is 0.140 e. The van der Waals surface area contributed by atoms with Crippen LogP contribution in [0.3, 0.4) is 0 Å². The first kappa shape index (κ1) is 16.5. The molecule has 0 saturated carbocycles. The van der Waals surface area contributed by atoms with Crippen LogP contribution in [-0.2, 0) is 0 Å². The number of pyridine rings is 1. The van der Waals surface area contributed by atoms with E-state index < -0.39 is 0 Å². The van der Waals surface area contributed by atoms with Gasteiger partial charge in [0.25, 0.3) is 0 Å². The van der Waals surface area contributed by atoms with Gasteiger partial charge in [-0.05, 0) is 31.2 Å². The first-order valence-corrected chi connectivity index (χ1v) is 8.03. The van der Waals surface area contributed by atoms with E-state index in [1.807, 2.05) is 56.6 Å². The number of nitrogens with one attached hydrogen (secondary N) is 1. The molecule has 0 bridgehead atoms. The number of nitrogens with two attached hydrogens (primary N) is 1. The Hall–Kier alpha value is -3.34. The van der Waals surface area contributed by atoms with Gasteiger partial charge in [0.15, 0.2) is 0 Å². The summed E-state index contributed by atoms with van der Waals surface area (Å²) in [6.45, 7) is 5.64. The van der Waals surface area contributed by atoms with E-state index in [1.54, 1.807) is 6.20 Å². The molecule has 0 radical (unpaired) electrons. The van der Waals surface area contributed by atoms with Gasteiger partial charge in [-0.15, -0.1) is 0 Å². The molecule has 126 valence electrons. The van der Waals surface area contributed by atoms with Crippen LogP contribution < -0.4 is 10.6 Å². The van der Waals surface area contributed by atoms with Crippen molar-refractivity contribution in [2.45, 2.75) is 6.92 Å². The molecule has 0 aliphatic rings. The van der Waals surface area contributed by atoms with E-state index in [1.165, 1.54) is 0 Å². The standard InChI is InChI=1S/C20H21N5/c1-4-8-17(24-14(2)21)16-13-23-20-19(16)18(11-12-22-20)25(3)15-9-6-5-7-10-15/h4-13H,2,21H2,1,3H3,(H,22,23)/b8-4-,24-17+. The minimum absolute atomic E-state index is 0.268. The second-order valence-corrected chi connectivity index (χ2v) is 5.64. The Kier molecular flexibility index (Phi) is 4.66. The molecule has 0 aliphatic heterocycles. The molecule has 3 rings (SSSR count). The van der Waals surface area contributed by atoms with Crippen molar-refractivity contribution in [3.63, 3.8) is 0 Å². The summed E-state index contributed by atoms with van der Waals surface area (Å²) < 4.78 is 0. The highest BCUT2D eigenvalue weighted by Crippen LogP contribution is 2.32. The maximum Gasteiger partial charge on any atom is 0.140 e. The lowest BCUT2D eigenvalue weighted by atomic mass is 10.1. The number of hydrogen-bond donors (Lipinski definition) is 2. The Bertz CT molecular complexity index is 951. The van der Waals surface area contributed by atoms with Crippen molar-refractivity contribution < 1.29 is 0 Å². The molecule has 0 aliphatic carbocycles. The number of allylic oxidation sites excluding steroid dienone is 2. The zero-order chi connectivity index (χ0) is 17.8. The van der Waals surface area contributed by atoms with E-state index in [0.29, 0.717) is 0 Å². The molecule has 0 spiro atoms. The van der Waals surface area contributed by atoms with E-state index >= 15 is 0 Å². The highest BCUT2D eigenvalue weighted by Gasteiger charge is 2.16. The highest BCUT2D eigenvalue weighted by molar-refractivity contribution is 6.19. The second-order valence-electron chi connectivity index (χ2n) is 5.64. The molecule has 0 atom stereocenters. The number of rotatable bonds is 5. The van der Waals surface area contributed by atoms with Crippen molar-refractivity contribution in [1.82, 2.24) is 9.97 Å². The number of fused-ring (bicyclic) bond motifs is 1. The molecule has 0 saturated heterocycles. The van der Waals surface area contributed by atoms with Gasteiger partial charge in [-0.3, -0.25) is 0 Å². The molecule has 5 heteroatoms. The lowest BCUT2D eigenvalue weighted by Gasteiger charge is -2.21. The van der Waals surface area contributed by atoms with Crippen molar-refractivity contribution in [3.8, 4) is 0 Å². The minimum atomic E-state index is 0.268. The van der Waals surface area contributed by atoms with E-state index in [4.69, 9.17) is 5.73 Å². The van der Waals surface area contributed by atoms with Crippen molar-refractivity contribution in [2.75, 3.05) is 11.9 Å². The van der Waals surface area contributed by atoms with E-state index in [-0.39, 0.29) is 5.82 Å². The summed E-state index contributed by atoms with van der Waals surface area (Å²) in [6.07, 6.45) is 7.55. The molecular formula is C20H21N5. The average Bonchev–Trinajstić information content (AvgIpc) is 3.05. The Balaban J connectivity index is 2.21. The van der Waals surface area contributed by atoms with Crippen molar-refractivity contribution in [3.05, 3.63) is 78.9 Å². The van der Waals surface area contributed by atoms with Crippen LogP contribution in [0.1, 0.15) is 12.5 Å². The van der Waals surface area contributed by atoms with Crippen molar-refractivity contribution in [1.29, 1.82) is 0 Å². The van der Waals surface area contributed by atoms with Crippen LogP contribution in [0.2, 0.25) is 0 Å². The fourth-order valence-corrected chi connectivity index (χ4v) is 2.81. The number of anilines is 2. The third kappa shape index (κ3) is 3.30. The third-order valence-corrected chi connectivity index (χ3v) is 3.92. The first-order chi connectivity index (χ1) is 12.1. The van der Waals surface area contributed by atoms with Gasteiger partial charge in [0.2, 0.25) is 0 Å². The fraction of sp³-hybridized carbons (Fsp3) is 0.100. The number of hydrogen-bond acceptors (Lipinski definition) is 4. The number of aromatic amines is 1. The molecular weight excluding hydrogens is 310 g/mol. The van der Waals surface area contributed by atoms with Gasteiger partial charge in [0.05, 0.1) is 16.8 Å². The van der Waals surface area contributed by atoms with Crippen molar-refractivity contribution in [2.24, 2.45) is 10.7 Å². The lowest BCUT2D eigenvalue weighted by molar-refractivity contribution is 1.21. The monoisotopic (exact) mass is 331 g/mol. The van der Waals surface area contributed by atoms with Crippen LogP contribution in [0.4, 0.5) is 11.4 Å². The normalized spacial score (nSPS) is 12.0. The van der Waals surface area contributed by atoms with Crippen molar-refractivity contribution >= 4 is 28.1 Å². The molecule has 0 unspecified atom stereocenters. The van der Waals surface area contributed by atoms with E-state index in [9.17, 15) is 0 Å². The van der Waals surface area contributed by atoms with Gasteiger partial charge in [0.1, 0.15) is 11.5 Å². The number of aliphatic imine (C=N–C) groups is 1. The maximum absolute atomic E-state index is 5.71. The van der Waals surface area contributed by atoms with Gasteiger partial charge >= 0.3 is 0 Å². The number of para-hydroxylation sites is 1. The van der Waals surface area contributed by atoms with Crippen LogP contribution in [0.5, 0.6) is 0 Å². The molecule has 3 N–H and O–H groups in total. The average molecular weight is 331 g/mol. The molecule has 0 amide bonds. The van der Waals surface area contributed by atoms with E-state index in [0.717, 1.165) is 33.7 Å². The number of H-pyrrole nitrogens is 1. The molecule has 2 aromatic heterocycles. The summed E-state index contributed by atoms with van der Waals surface area (Å²) in [7, 11) is 2.04. The minimum Gasteiger partial charge on any atom is -0.384 e. The summed E-state index contributed by atoms with van der Waals surface area (Å²) in [6, 6.07) is 12.2. The van der Waals surface area contributed by atoms with Crippen LogP contribution in [0.15, 0.2) is 78.3 Å². The summed E-state index contributed by atoms with van der Waals surface area (Å²) >= 11 is 0. The highest BCUT2D eigenvalue weighted by atomic mass is 15.1. The maximum atomic E-state index is 5.71. The molecule has 3 aromatic rings. The van der Waals surface area contributed by atoms with Gasteiger partial charge in [0, 0.05) is 30.7 Å². The number of benzene rings is 1. The summed E-state index contributed by atoms with van der Waals surface area (Å²) in [5, 5.41) is 0.993. The van der Waals surface area contributed by atoms with Crippen LogP contribution >= 0.6 is 0 Å². The first-order valence-electron chi connectivity index (χ1n) is 8.03. The van der Waals surface area contributed by atoms with Gasteiger partial charge in [-0.1, -0.05) is 30.9 Å². The zero-order valence-electron chi connectivity index (χ0n) is 14.4. The van der Waals surface area contributed by atoms with Gasteiger partial charge in [-0.2, -0.15) is 0 Å². The van der Waals surface area contributed by atoms with Crippen LogP contribution in [0.25, 0.3) is 11.0 Å². The topological polar surface area (TPSA) is 70.3 Å². The predicted octanol–water partition coefficient (Wildman–Crippen LogP) is 4.13. The van der Waals surface area contributed by atoms with Gasteiger partial charge in [-0.25, -0.2) is 9.98 Å². The summed E-state index contributed by atoms with van der Waals surface area (Å²) in [5.41, 5.74) is 10.3. The lowest BCUT2D eigenvalue weighted by Crippen LogP contribution is -2.11. The van der Waals surface area contributed by atoms with Gasteiger partial charge < -0.3 is 15.6 Å². The Labute approximate surface area is 147 Å². The Morgan fingerprint density at radius 2 is 2.04 bits per heavy atom. The number of aromatic nitrogens is 2.